The highest BCUT2D eigenvalue weighted by molar-refractivity contribution is 5.76. The number of H-pyrrole nitrogens is 1. The summed E-state index contributed by atoms with van der Waals surface area (Å²) < 4.78 is 0. The number of aromatic amines is 1. The van der Waals surface area contributed by atoms with Crippen LogP contribution in [0.2, 0.25) is 0 Å². The van der Waals surface area contributed by atoms with Gasteiger partial charge in [-0.2, -0.15) is 0 Å². The number of benzene rings is 1. The summed E-state index contributed by atoms with van der Waals surface area (Å²) in [5, 5.41) is 3.27. The van der Waals surface area contributed by atoms with Crippen molar-refractivity contribution in [2.45, 2.75) is 39.5 Å². The molecule has 2 N–H and O–H groups in total. The Morgan fingerprint density at radius 3 is 2.74 bits per heavy atom. The average Bonchev–Trinajstić information content (AvgIpc) is 2.75. The third-order valence-electron chi connectivity index (χ3n) is 3.57. The van der Waals surface area contributed by atoms with Gasteiger partial charge in [0, 0.05) is 13.0 Å². The molecule has 0 bridgehead atoms. The predicted octanol–water partition coefficient (Wildman–Crippen LogP) is 3.47. The van der Waals surface area contributed by atoms with Gasteiger partial charge in [-0.3, -0.25) is 0 Å². The first-order chi connectivity index (χ1) is 9.13. The maximum Gasteiger partial charge on any atom is 0.107 e. The molecule has 0 amide bonds. The van der Waals surface area contributed by atoms with Crippen molar-refractivity contribution in [1.29, 1.82) is 0 Å². The van der Waals surface area contributed by atoms with Crippen molar-refractivity contribution in [3.8, 4) is 0 Å². The standard InChI is InChI=1S/C16H25N3/c1-5-12(10-17-4)13-6-7-14-15(9-13)19-16(18-14)8-11(2)3/h6-7,9,11-12,17H,5,8,10H2,1-4H3,(H,18,19). The van der Waals surface area contributed by atoms with E-state index in [9.17, 15) is 0 Å². The van der Waals surface area contributed by atoms with Gasteiger partial charge in [-0.25, -0.2) is 4.98 Å². The maximum absolute atomic E-state index is 4.65. The van der Waals surface area contributed by atoms with Gasteiger partial charge in [0.15, 0.2) is 0 Å². The topological polar surface area (TPSA) is 40.7 Å². The van der Waals surface area contributed by atoms with Crippen molar-refractivity contribution < 1.29 is 0 Å². The van der Waals surface area contributed by atoms with Crippen LogP contribution in [-0.4, -0.2) is 23.6 Å². The molecule has 1 aromatic heterocycles. The van der Waals surface area contributed by atoms with Crippen LogP contribution in [0.1, 0.15) is 44.5 Å². The Hall–Kier alpha value is -1.35. The third-order valence-corrected chi connectivity index (χ3v) is 3.57. The van der Waals surface area contributed by atoms with Crippen LogP contribution in [0.15, 0.2) is 18.2 Å². The quantitative estimate of drug-likeness (QED) is 0.834. The predicted molar refractivity (Wildman–Crippen MR) is 81.6 cm³/mol. The lowest BCUT2D eigenvalue weighted by Crippen LogP contribution is -2.16. The molecular weight excluding hydrogens is 234 g/mol. The smallest absolute Gasteiger partial charge is 0.107 e. The molecule has 0 radical (unpaired) electrons. The van der Waals surface area contributed by atoms with E-state index in [1.54, 1.807) is 0 Å². The summed E-state index contributed by atoms with van der Waals surface area (Å²) in [5.41, 5.74) is 3.64. The Bertz CT molecular complexity index is 528. The van der Waals surface area contributed by atoms with Crippen LogP contribution in [0.5, 0.6) is 0 Å². The molecule has 0 fully saturated rings. The van der Waals surface area contributed by atoms with Crippen molar-refractivity contribution in [1.82, 2.24) is 15.3 Å². The molecule has 3 heteroatoms. The first-order valence-corrected chi connectivity index (χ1v) is 7.27. The Kier molecular flexibility index (Phi) is 4.59. The molecule has 0 saturated carbocycles. The molecular formula is C16H25N3. The summed E-state index contributed by atoms with van der Waals surface area (Å²) in [5.74, 6) is 2.31. The van der Waals surface area contributed by atoms with Crippen molar-refractivity contribution in [2.75, 3.05) is 13.6 Å². The van der Waals surface area contributed by atoms with Crippen LogP contribution < -0.4 is 5.32 Å². The van der Waals surface area contributed by atoms with Gasteiger partial charge >= 0.3 is 0 Å². The van der Waals surface area contributed by atoms with Crippen molar-refractivity contribution in [2.24, 2.45) is 5.92 Å². The van der Waals surface area contributed by atoms with Crippen LogP contribution in [0.25, 0.3) is 11.0 Å². The molecule has 3 nitrogen and oxygen atoms in total. The van der Waals surface area contributed by atoms with Gasteiger partial charge in [-0.1, -0.05) is 26.8 Å². The van der Waals surface area contributed by atoms with E-state index in [0.717, 1.165) is 30.7 Å². The molecule has 0 saturated heterocycles. The molecule has 0 aliphatic heterocycles. The lowest BCUT2D eigenvalue weighted by atomic mass is 9.96. The molecule has 0 aliphatic rings. The highest BCUT2D eigenvalue weighted by Gasteiger charge is 2.11. The lowest BCUT2D eigenvalue weighted by Gasteiger charge is -2.14. The minimum absolute atomic E-state index is 0.575. The second-order valence-corrected chi connectivity index (χ2v) is 5.72. The van der Waals surface area contributed by atoms with E-state index in [1.165, 1.54) is 11.1 Å². The van der Waals surface area contributed by atoms with Gasteiger partial charge in [0.1, 0.15) is 5.82 Å². The summed E-state index contributed by atoms with van der Waals surface area (Å²) in [6.45, 7) is 7.70. The Balaban J connectivity index is 2.29. The Morgan fingerprint density at radius 2 is 2.11 bits per heavy atom. The lowest BCUT2D eigenvalue weighted by molar-refractivity contribution is 0.612. The van der Waals surface area contributed by atoms with E-state index >= 15 is 0 Å². The fourth-order valence-corrected chi connectivity index (χ4v) is 2.56. The molecule has 0 spiro atoms. The normalized spacial score (nSPS) is 13.3. The number of likely N-dealkylation sites (N-methyl/N-ethyl adjacent to an activating group) is 1. The fraction of sp³-hybridized carbons (Fsp3) is 0.562. The molecule has 19 heavy (non-hydrogen) atoms. The second kappa shape index (κ2) is 6.20. The van der Waals surface area contributed by atoms with Crippen LogP contribution in [0, 0.1) is 5.92 Å². The van der Waals surface area contributed by atoms with E-state index in [-0.39, 0.29) is 0 Å². The second-order valence-electron chi connectivity index (χ2n) is 5.72. The zero-order valence-corrected chi connectivity index (χ0v) is 12.5. The molecule has 1 heterocycles. The van der Waals surface area contributed by atoms with Gasteiger partial charge in [0.05, 0.1) is 11.0 Å². The van der Waals surface area contributed by atoms with Gasteiger partial charge < -0.3 is 10.3 Å². The summed E-state index contributed by atoms with van der Waals surface area (Å²) in [6.07, 6.45) is 2.16. The number of hydrogen-bond donors (Lipinski definition) is 2. The van der Waals surface area contributed by atoms with Crippen molar-refractivity contribution in [3.63, 3.8) is 0 Å². The molecule has 2 aromatic rings. The monoisotopic (exact) mass is 259 g/mol. The molecule has 1 unspecified atom stereocenters. The number of imidazole rings is 1. The van der Waals surface area contributed by atoms with E-state index in [4.69, 9.17) is 0 Å². The summed E-state index contributed by atoms with van der Waals surface area (Å²) in [6, 6.07) is 6.62. The third kappa shape index (κ3) is 3.35. The number of nitrogens with one attached hydrogen (secondary N) is 2. The van der Waals surface area contributed by atoms with Crippen LogP contribution in [0.3, 0.4) is 0 Å². The molecule has 2 rings (SSSR count). The Labute approximate surface area is 115 Å². The summed E-state index contributed by atoms with van der Waals surface area (Å²) in [7, 11) is 2.01. The Morgan fingerprint density at radius 1 is 1.32 bits per heavy atom. The summed E-state index contributed by atoms with van der Waals surface area (Å²) in [4.78, 5) is 8.11. The SMILES string of the molecule is CCC(CNC)c1ccc2nc(CC(C)C)[nH]c2c1. The first-order valence-electron chi connectivity index (χ1n) is 7.27. The first kappa shape index (κ1) is 14.1. The highest BCUT2D eigenvalue weighted by atomic mass is 14.9. The van der Waals surface area contributed by atoms with Crippen molar-refractivity contribution in [3.05, 3.63) is 29.6 Å². The zero-order chi connectivity index (χ0) is 13.8. The van der Waals surface area contributed by atoms with E-state index in [1.807, 2.05) is 7.05 Å². The zero-order valence-electron chi connectivity index (χ0n) is 12.5. The molecule has 104 valence electrons. The van der Waals surface area contributed by atoms with E-state index < -0.39 is 0 Å². The molecule has 0 aliphatic carbocycles. The number of nitrogens with zero attached hydrogens (tertiary/aromatic N) is 1. The number of fused-ring (bicyclic) bond motifs is 1. The molecule has 1 atom stereocenters. The number of aromatic nitrogens is 2. The minimum atomic E-state index is 0.575. The summed E-state index contributed by atoms with van der Waals surface area (Å²) >= 11 is 0. The van der Waals surface area contributed by atoms with Gasteiger partial charge in [0.2, 0.25) is 0 Å². The molecule has 1 aromatic carbocycles. The van der Waals surface area contributed by atoms with E-state index in [2.05, 4.69) is 54.3 Å². The van der Waals surface area contributed by atoms with Crippen LogP contribution in [0.4, 0.5) is 0 Å². The number of rotatable bonds is 6. The van der Waals surface area contributed by atoms with Gasteiger partial charge in [0.25, 0.3) is 0 Å². The van der Waals surface area contributed by atoms with Gasteiger partial charge in [-0.05, 0) is 43.0 Å². The van der Waals surface area contributed by atoms with Crippen molar-refractivity contribution >= 4 is 11.0 Å². The van der Waals surface area contributed by atoms with Crippen LogP contribution >= 0.6 is 0 Å². The largest absolute Gasteiger partial charge is 0.342 e. The average molecular weight is 259 g/mol. The highest BCUT2D eigenvalue weighted by Crippen LogP contribution is 2.23. The van der Waals surface area contributed by atoms with E-state index in [0.29, 0.717) is 11.8 Å². The number of hydrogen-bond acceptors (Lipinski definition) is 2. The fourth-order valence-electron chi connectivity index (χ4n) is 2.56. The minimum Gasteiger partial charge on any atom is -0.342 e. The maximum atomic E-state index is 4.65. The van der Waals surface area contributed by atoms with Crippen LogP contribution in [-0.2, 0) is 6.42 Å². The van der Waals surface area contributed by atoms with Gasteiger partial charge in [-0.15, -0.1) is 0 Å².